The van der Waals surface area contributed by atoms with Crippen LogP contribution in [0.2, 0.25) is 0 Å². The van der Waals surface area contributed by atoms with Crippen molar-refractivity contribution in [1.82, 2.24) is 0 Å². The molecule has 1 unspecified atom stereocenters. The van der Waals surface area contributed by atoms with Crippen molar-refractivity contribution in [3.63, 3.8) is 0 Å². The molecule has 3 N–H and O–H groups in total. The van der Waals surface area contributed by atoms with Gasteiger partial charge >= 0.3 is 0 Å². The molecule has 2 amide bonds. The quantitative estimate of drug-likeness (QED) is 0.789. The number of benzene rings is 1. The van der Waals surface area contributed by atoms with Gasteiger partial charge in [-0.15, -0.1) is 0 Å². The molecule has 1 saturated heterocycles. The number of hydrogen-bond donors (Lipinski definition) is 2. The minimum atomic E-state index is -0.559. The molecule has 100 valence electrons. The zero-order valence-electron chi connectivity index (χ0n) is 11.1. The molecule has 3 rings (SSSR count). The van der Waals surface area contributed by atoms with Crippen LogP contribution in [0.25, 0.3) is 0 Å². The minimum Gasteiger partial charge on any atom is -0.326 e. The average molecular weight is 259 g/mol. The van der Waals surface area contributed by atoms with Crippen LogP contribution in [0.15, 0.2) is 18.2 Å². The molecule has 19 heavy (non-hydrogen) atoms. The Kier molecular flexibility index (Phi) is 2.44. The second-order valence-electron chi connectivity index (χ2n) is 5.78. The number of fused-ring (bicyclic) bond motifs is 1. The predicted molar refractivity (Wildman–Crippen MR) is 73.0 cm³/mol. The second kappa shape index (κ2) is 3.81. The van der Waals surface area contributed by atoms with E-state index in [-0.39, 0.29) is 17.9 Å². The van der Waals surface area contributed by atoms with Gasteiger partial charge in [0.05, 0.1) is 5.41 Å². The SMILES string of the molecule is CC1(C)C(=O)Nc2ccc(N3CC(N)CC3=O)cc21. The molecular weight excluding hydrogens is 242 g/mol. The zero-order chi connectivity index (χ0) is 13.8. The van der Waals surface area contributed by atoms with Crippen molar-refractivity contribution >= 4 is 23.2 Å². The van der Waals surface area contributed by atoms with E-state index in [1.807, 2.05) is 32.0 Å². The summed E-state index contributed by atoms with van der Waals surface area (Å²) in [5.74, 6) is 0.0339. The van der Waals surface area contributed by atoms with Gasteiger partial charge in [-0.3, -0.25) is 9.59 Å². The van der Waals surface area contributed by atoms with E-state index in [1.54, 1.807) is 4.90 Å². The number of carbonyl (C=O) groups excluding carboxylic acids is 2. The third kappa shape index (κ3) is 1.73. The highest BCUT2D eigenvalue weighted by atomic mass is 16.2. The molecule has 1 atom stereocenters. The fourth-order valence-electron chi connectivity index (χ4n) is 2.71. The molecule has 0 radical (unpaired) electrons. The van der Waals surface area contributed by atoms with Crippen LogP contribution in [0, 0.1) is 0 Å². The molecule has 0 bridgehead atoms. The van der Waals surface area contributed by atoms with Gasteiger partial charge in [0.1, 0.15) is 0 Å². The summed E-state index contributed by atoms with van der Waals surface area (Å²) in [6, 6.07) is 5.53. The Morgan fingerprint density at radius 3 is 2.74 bits per heavy atom. The van der Waals surface area contributed by atoms with E-state index in [0.29, 0.717) is 13.0 Å². The number of nitrogens with two attached hydrogens (primary N) is 1. The Labute approximate surface area is 111 Å². The summed E-state index contributed by atoms with van der Waals surface area (Å²) in [5, 5.41) is 2.86. The van der Waals surface area contributed by atoms with Crippen molar-refractivity contribution in [2.24, 2.45) is 5.73 Å². The minimum absolute atomic E-state index is 0.0101. The molecule has 1 aromatic rings. The first-order valence-electron chi connectivity index (χ1n) is 6.41. The van der Waals surface area contributed by atoms with E-state index in [0.717, 1.165) is 16.9 Å². The lowest BCUT2D eigenvalue weighted by molar-refractivity contribution is -0.119. The van der Waals surface area contributed by atoms with Crippen molar-refractivity contribution in [3.8, 4) is 0 Å². The lowest BCUT2D eigenvalue weighted by Gasteiger charge is -2.20. The van der Waals surface area contributed by atoms with E-state index in [2.05, 4.69) is 5.32 Å². The third-order valence-corrected chi connectivity index (χ3v) is 3.96. The molecule has 0 saturated carbocycles. The third-order valence-electron chi connectivity index (χ3n) is 3.96. The van der Waals surface area contributed by atoms with E-state index < -0.39 is 5.41 Å². The molecule has 1 fully saturated rings. The molecule has 2 aliphatic rings. The molecular formula is C14H17N3O2. The van der Waals surface area contributed by atoms with E-state index >= 15 is 0 Å². The van der Waals surface area contributed by atoms with Gasteiger partial charge in [-0.2, -0.15) is 0 Å². The summed E-state index contributed by atoms with van der Waals surface area (Å²) < 4.78 is 0. The smallest absolute Gasteiger partial charge is 0.234 e. The standard InChI is InChI=1S/C14H17N3O2/c1-14(2)10-6-9(3-4-11(10)16-13(14)19)17-7-8(15)5-12(17)18/h3-4,6,8H,5,7,15H2,1-2H3,(H,16,19). The van der Waals surface area contributed by atoms with Crippen molar-refractivity contribution in [2.75, 3.05) is 16.8 Å². The van der Waals surface area contributed by atoms with Gasteiger partial charge < -0.3 is 16.0 Å². The van der Waals surface area contributed by atoms with Gasteiger partial charge in [-0.25, -0.2) is 0 Å². The molecule has 0 aromatic heterocycles. The summed E-state index contributed by atoms with van der Waals surface area (Å²) >= 11 is 0. The Bertz CT molecular complexity index is 580. The van der Waals surface area contributed by atoms with Crippen molar-refractivity contribution in [3.05, 3.63) is 23.8 Å². The summed E-state index contributed by atoms with van der Waals surface area (Å²) in [5.41, 5.74) is 7.84. The summed E-state index contributed by atoms with van der Waals surface area (Å²) in [4.78, 5) is 25.5. The Hall–Kier alpha value is -1.88. The van der Waals surface area contributed by atoms with Crippen LogP contribution in [0.3, 0.4) is 0 Å². The zero-order valence-corrected chi connectivity index (χ0v) is 11.1. The monoisotopic (exact) mass is 259 g/mol. The van der Waals surface area contributed by atoms with Crippen molar-refractivity contribution < 1.29 is 9.59 Å². The van der Waals surface area contributed by atoms with Gasteiger partial charge in [0.15, 0.2) is 0 Å². The Balaban J connectivity index is 2.02. The lowest BCUT2D eigenvalue weighted by Crippen LogP contribution is -2.29. The van der Waals surface area contributed by atoms with Crippen LogP contribution in [-0.4, -0.2) is 24.4 Å². The predicted octanol–water partition coefficient (Wildman–Crippen LogP) is 0.980. The molecule has 2 aliphatic heterocycles. The first kappa shape index (κ1) is 12.2. The van der Waals surface area contributed by atoms with Crippen LogP contribution in [0.1, 0.15) is 25.8 Å². The second-order valence-corrected chi connectivity index (χ2v) is 5.78. The first-order chi connectivity index (χ1) is 8.89. The highest BCUT2D eigenvalue weighted by Crippen LogP contribution is 2.39. The summed E-state index contributed by atoms with van der Waals surface area (Å²) in [7, 11) is 0. The molecule has 5 nitrogen and oxygen atoms in total. The summed E-state index contributed by atoms with van der Waals surface area (Å²) in [6.45, 7) is 4.31. The number of anilines is 2. The van der Waals surface area contributed by atoms with Crippen LogP contribution < -0.4 is 16.0 Å². The van der Waals surface area contributed by atoms with E-state index in [9.17, 15) is 9.59 Å². The number of amides is 2. The van der Waals surface area contributed by atoms with Gasteiger partial charge in [-0.1, -0.05) is 0 Å². The Morgan fingerprint density at radius 1 is 1.37 bits per heavy atom. The molecule has 0 aliphatic carbocycles. The topological polar surface area (TPSA) is 75.4 Å². The maximum Gasteiger partial charge on any atom is 0.234 e. The fraction of sp³-hybridized carbons (Fsp3) is 0.429. The number of hydrogen-bond acceptors (Lipinski definition) is 3. The van der Waals surface area contributed by atoms with Crippen LogP contribution in [0.5, 0.6) is 0 Å². The van der Waals surface area contributed by atoms with Crippen LogP contribution in [0.4, 0.5) is 11.4 Å². The van der Waals surface area contributed by atoms with Gasteiger partial charge in [0.25, 0.3) is 0 Å². The van der Waals surface area contributed by atoms with E-state index in [1.165, 1.54) is 0 Å². The number of rotatable bonds is 1. The van der Waals surface area contributed by atoms with Gasteiger partial charge in [0, 0.05) is 30.4 Å². The molecule has 0 spiro atoms. The van der Waals surface area contributed by atoms with E-state index in [4.69, 9.17) is 5.73 Å². The number of nitrogens with one attached hydrogen (secondary N) is 1. The van der Waals surface area contributed by atoms with Gasteiger partial charge in [-0.05, 0) is 37.6 Å². The number of carbonyl (C=O) groups is 2. The van der Waals surface area contributed by atoms with Crippen molar-refractivity contribution in [2.45, 2.75) is 31.7 Å². The van der Waals surface area contributed by atoms with Crippen LogP contribution >= 0.6 is 0 Å². The summed E-state index contributed by atoms with van der Waals surface area (Å²) in [6.07, 6.45) is 0.387. The highest BCUT2D eigenvalue weighted by molar-refractivity contribution is 6.06. The largest absolute Gasteiger partial charge is 0.326 e. The molecule has 5 heteroatoms. The average Bonchev–Trinajstić information content (AvgIpc) is 2.78. The van der Waals surface area contributed by atoms with Crippen LogP contribution in [-0.2, 0) is 15.0 Å². The molecule has 2 heterocycles. The first-order valence-corrected chi connectivity index (χ1v) is 6.41. The molecule has 1 aromatic carbocycles. The number of nitrogens with zero attached hydrogens (tertiary/aromatic N) is 1. The normalized spacial score (nSPS) is 24.6. The maximum atomic E-state index is 11.9. The Morgan fingerprint density at radius 2 is 2.11 bits per heavy atom. The fourth-order valence-corrected chi connectivity index (χ4v) is 2.71. The lowest BCUT2D eigenvalue weighted by atomic mass is 9.86. The van der Waals surface area contributed by atoms with Crippen molar-refractivity contribution in [1.29, 1.82) is 0 Å². The van der Waals surface area contributed by atoms with Gasteiger partial charge in [0.2, 0.25) is 11.8 Å². The highest BCUT2D eigenvalue weighted by Gasteiger charge is 2.39. The maximum absolute atomic E-state index is 11.9.